The third-order valence-corrected chi connectivity index (χ3v) is 6.85. The minimum absolute atomic E-state index is 0.233. The van der Waals surface area contributed by atoms with Crippen molar-refractivity contribution in [3.05, 3.63) is 113 Å². The van der Waals surface area contributed by atoms with Gasteiger partial charge in [0.15, 0.2) is 6.61 Å². The summed E-state index contributed by atoms with van der Waals surface area (Å²) >= 11 is 3.56. The van der Waals surface area contributed by atoms with E-state index in [1.54, 1.807) is 37.4 Å². The molecule has 0 aliphatic carbocycles. The van der Waals surface area contributed by atoms with Gasteiger partial charge in [0.1, 0.15) is 17.2 Å². The summed E-state index contributed by atoms with van der Waals surface area (Å²) in [5.74, 6) is 0.528. The number of carbonyl (C=O) groups excluding carboxylic acids is 2. The third kappa shape index (κ3) is 5.91. The summed E-state index contributed by atoms with van der Waals surface area (Å²) in [6.07, 6.45) is 1.46. The quantitative estimate of drug-likeness (QED) is 0.0974. The van der Waals surface area contributed by atoms with Gasteiger partial charge in [0.25, 0.3) is 5.91 Å². The van der Waals surface area contributed by atoms with Gasteiger partial charge in [0, 0.05) is 5.56 Å². The maximum absolute atomic E-state index is 12.8. The van der Waals surface area contributed by atoms with Crippen LogP contribution in [0.3, 0.4) is 0 Å². The summed E-state index contributed by atoms with van der Waals surface area (Å²) in [5, 5.41) is 7.90. The smallest absolute Gasteiger partial charge is 0.343 e. The van der Waals surface area contributed by atoms with E-state index in [0.717, 1.165) is 26.0 Å². The topological polar surface area (TPSA) is 86.2 Å². The van der Waals surface area contributed by atoms with Crippen molar-refractivity contribution in [2.75, 3.05) is 13.7 Å². The van der Waals surface area contributed by atoms with E-state index < -0.39 is 11.9 Å². The van der Waals surface area contributed by atoms with Crippen molar-refractivity contribution >= 4 is 55.6 Å². The van der Waals surface area contributed by atoms with Crippen LogP contribution in [0.2, 0.25) is 0 Å². The van der Waals surface area contributed by atoms with E-state index in [-0.39, 0.29) is 6.61 Å². The first-order valence-electron chi connectivity index (χ1n) is 12.0. The van der Waals surface area contributed by atoms with Gasteiger partial charge in [-0.2, -0.15) is 5.10 Å². The lowest BCUT2D eigenvalue weighted by atomic mass is 10.0. The molecule has 5 aromatic carbocycles. The fraction of sp³-hybridized carbons (Fsp3) is 0.0645. The first kappa shape index (κ1) is 25.9. The molecule has 7 nitrogen and oxygen atoms in total. The summed E-state index contributed by atoms with van der Waals surface area (Å²) in [4.78, 5) is 25.3. The SMILES string of the molecule is COc1ccc(C(=O)Oc2ccc3ccccc3c2/C=N\NC(=O)COc2ccc3ccccc3c2Br)cc1. The highest BCUT2D eigenvalue weighted by molar-refractivity contribution is 9.10. The molecular weight excluding hydrogens is 560 g/mol. The van der Waals surface area contributed by atoms with Gasteiger partial charge in [-0.25, -0.2) is 10.2 Å². The average molecular weight is 583 g/mol. The van der Waals surface area contributed by atoms with Crippen molar-refractivity contribution < 1.29 is 23.8 Å². The Morgan fingerprint density at radius 1 is 0.821 bits per heavy atom. The Bertz CT molecular complexity index is 1700. The molecule has 0 radical (unpaired) electrons. The zero-order valence-corrected chi connectivity index (χ0v) is 22.5. The summed E-state index contributed by atoms with van der Waals surface area (Å²) in [6, 6.07) is 29.4. The number of nitrogens with zero attached hydrogens (tertiary/aromatic N) is 1. The number of halogens is 1. The van der Waals surface area contributed by atoms with Gasteiger partial charge in [-0.15, -0.1) is 0 Å². The van der Waals surface area contributed by atoms with E-state index in [1.807, 2.05) is 66.7 Å². The summed E-state index contributed by atoms with van der Waals surface area (Å²) in [7, 11) is 1.56. The van der Waals surface area contributed by atoms with Gasteiger partial charge in [0.2, 0.25) is 0 Å². The monoisotopic (exact) mass is 582 g/mol. The maximum atomic E-state index is 12.8. The number of ether oxygens (including phenoxy) is 3. The predicted molar refractivity (Wildman–Crippen MR) is 155 cm³/mol. The highest BCUT2D eigenvalue weighted by atomic mass is 79.9. The van der Waals surface area contributed by atoms with Crippen LogP contribution in [-0.2, 0) is 4.79 Å². The second-order valence-corrected chi connectivity index (χ2v) is 9.29. The number of fused-ring (bicyclic) bond motifs is 2. The molecule has 0 unspecified atom stereocenters. The number of methoxy groups -OCH3 is 1. The zero-order chi connectivity index (χ0) is 27.2. The van der Waals surface area contributed by atoms with Crippen LogP contribution in [0.5, 0.6) is 17.2 Å². The first-order valence-corrected chi connectivity index (χ1v) is 12.8. The Balaban J connectivity index is 1.30. The molecule has 0 aliphatic heterocycles. The molecule has 1 N–H and O–H groups in total. The van der Waals surface area contributed by atoms with Crippen LogP contribution >= 0.6 is 15.9 Å². The number of hydrazone groups is 1. The second kappa shape index (κ2) is 11.8. The molecule has 0 fully saturated rings. The minimum Gasteiger partial charge on any atom is -0.497 e. The Morgan fingerprint density at radius 2 is 1.46 bits per heavy atom. The van der Waals surface area contributed by atoms with Gasteiger partial charge in [-0.1, -0.05) is 60.7 Å². The lowest BCUT2D eigenvalue weighted by Gasteiger charge is -2.11. The van der Waals surface area contributed by atoms with Crippen LogP contribution in [-0.4, -0.2) is 31.8 Å². The number of hydrogen-bond acceptors (Lipinski definition) is 6. The molecule has 5 aromatic rings. The van der Waals surface area contributed by atoms with Crippen LogP contribution in [0.4, 0.5) is 0 Å². The number of esters is 1. The van der Waals surface area contributed by atoms with E-state index in [9.17, 15) is 9.59 Å². The maximum Gasteiger partial charge on any atom is 0.343 e. The van der Waals surface area contributed by atoms with Crippen molar-refractivity contribution in [1.29, 1.82) is 0 Å². The molecule has 0 aromatic heterocycles. The van der Waals surface area contributed by atoms with Crippen molar-refractivity contribution in [2.24, 2.45) is 5.10 Å². The Morgan fingerprint density at radius 3 is 2.18 bits per heavy atom. The van der Waals surface area contributed by atoms with E-state index >= 15 is 0 Å². The number of hydrogen-bond donors (Lipinski definition) is 1. The van der Waals surface area contributed by atoms with Gasteiger partial charge in [-0.3, -0.25) is 4.79 Å². The van der Waals surface area contributed by atoms with E-state index in [4.69, 9.17) is 14.2 Å². The lowest BCUT2D eigenvalue weighted by Crippen LogP contribution is -2.24. The van der Waals surface area contributed by atoms with Crippen molar-refractivity contribution in [3.63, 3.8) is 0 Å². The van der Waals surface area contributed by atoms with Gasteiger partial charge in [-0.05, 0) is 73.9 Å². The van der Waals surface area contributed by atoms with Gasteiger partial charge in [0.05, 0.1) is 23.4 Å². The normalized spacial score (nSPS) is 11.0. The van der Waals surface area contributed by atoms with Crippen molar-refractivity contribution in [2.45, 2.75) is 0 Å². The van der Waals surface area contributed by atoms with Crippen molar-refractivity contribution in [1.82, 2.24) is 5.43 Å². The molecule has 39 heavy (non-hydrogen) atoms. The van der Waals surface area contributed by atoms with Gasteiger partial charge < -0.3 is 14.2 Å². The molecule has 0 aliphatic rings. The van der Waals surface area contributed by atoms with Crippen LogP contribution < -0.4 is 19.6 Å². The molecular formula is C31H23BrN2O5. The molecule has 0 atom stereocenters. The first-order chi connectivity index (χ1) is 19.0. The van der Waals surface area contributed by atoms with Crippen LogP contribution in [0.1, 0.15) is 15.9 Å². The average Bonchev–Trinajstić information content (AvgIpc) is 2.98. The van der Waals surface area contributed by atoms with Crippen LogP contribution in [0.15, 0.2) is 107 Å². The summed E-state index contributed by atoms with van der Waals surface area (Å²) in [5.41, 5.74) is 3.41. The molecule has 0 saturated carbocycles. The molecule has 1 amide bonds. The molecule has 5 rings (SSSR count). The number of rotatable bonds is 8. The number of carbonyl (C=O) groups is 2. The molecule has 194 valence electrons. The summed E-state index contributed by atoms with van der Waals surface area (Å²) in [6.45, 7) is -0.233. The highest BCUT2D eigenvalue weighted by Crippen LogP contribution is 2.33. The number of amides is 1. The molecule has 8 heteroatoms. The zero-order valence-electron chi connectivity index (χ0n) is 20.9. The predicted octanol–water partition coefficient (Wildman–Crippen LogP) is 6.51. The molecule has 0 spiro atoms. The molecule has 0 bridgehead atoms. The standard InChI is InChI=1S/C31H23BrN2O5/c1-37-23-14-10-22(11-15-23)31(36)39-27-16-12-20-6-2-4-8-24(20)26(27)18-33-34-29(35)19-38-28-17-13-21-7-3-5-9-25(21)30(28)32/h2-18H,19H2,1H3,(H,34,35)/b33-18-. The Hall–Kier alpha value is -4.69. The number of nitrogens with one attached hydrogen (secondary N) is 1. The fourth-order valence-electron chi connectivity index (χ4n) is 4.05. The van der Waals surface area contributed by atoms with Crippen LogP contribution in [0, 0.1) is 0 Å². The minimum atomic E-state index is -0.527. The molecule has 0 heterocycles. The third-order valence-electron chi connectivity index (χ3n) is 6.03. The van der Waals surface area contributed by atoms with E-state index in [0.29, 0.717) is 28.4 Å². The van der Waals surface area contributed by atoms with E-state index in [1.165, 1.54) is 6.21 Å². The Labute approximate surface area is 233 Å². The van der Waals surface area contributed by atoms with Crippen LogP contribution in [0.25, 0.3) is 21.5 Å². The fourth-order valence-corrected chi connectivity index (χ4v) is 4.66. The van der Waals surface area contributed by atoms with Crippen molar-refractivity contribution in [3.8, 4) is 17.2 Å². The summed E-state index contributed by atoms with van der Waals surface area (Å²) < 4.78 is 17.3. The van der Waals surface area contributed by atoms with E-state index in [2.05, 4.69) is 26.5 Å². The molecule has 0 saturated heterocycles. The number of benzene rings is 5. The second-order valence-electron chi connectivity index (χ2n) is 8.50. The lowest BCUT2D eigenvalue weighted by molar-refractivity contribution is -0.123. The Kier molecular flexibility index (Phi) is 7.84. The highest BCUT2D eigenvalue weighted by Gasteiger charge is 2.14. The van der Waals surface area contributed by atoms with Gasteiger partial charge >= 0.3 is 5.97 Å². The largest absolute Gasteiger partial charge is 0.497 e.